The fourth-order valence-electron chi connectivity index (χ4n) is 3.13. The number of carboxylic acids is 1. The molecule has 2 aliphatic carbocycles. The van der Waals surface area contributed by atoms with Crippen LogP contribution in [0.25, 0.3) is 0 Å². The highest BCUT2D eigenvalue weighted by molar-refractivity contribution is 5.89. The molecule has 0 atom stereocenters. The van der Waals surface area contributed by atoms with Crippen LogP contribution in [0.4, 0.5) is 0 Å². The molecule has 0 spiro atoms. The zero-order chi connectivity index (χ0) is 12.2. The number of hydrogen-bond acceptors (Lipinski definition) is 1. The quantitative estimate of drug-likeness (QED) is 0.868. The molecule has 92 valence electrons. The molecule has 2 aliphatic rings. The zero-order valence-corrected chi connectivity index (χ0v) is 10.4. The van der Waals surface area contributed by atoms with E-state index in [1.807, 2.05) is 19.9 Å². The van der Waals surface area contributed by atoms with Crippen LogP contribution in [0.15, 0.2) is 6.07 Å². The van der Waals surface area contributed by atoms with Gasteiger partial charge in [0.15, 0.2) is 0 Å². The summed E-state index contributed by atoms with van der Waals surface area (Å²) in [6.45, 7) is 3.99. The first-order valence-electron chi connectivity index (χ1n) is 6.51. The number of aryl methyl sites for hydroxylation is 1. The van der Waals surface area contributed by atoms with E-state index in [1.54, 1.807) is 0 Å². The Hall–Kier alpha value is -1.25. The van der Waals surface area contributed by atoms with E-state index in [1.165, 1.54) is 25.7 Å². The number of aromatic carboxylic acids is 1. The summed E-state index contributed by atoms with van der Waals surface area (Å²) >= 11 is 0. The van der Waals surface area contributed by atoms with Crippen LogP contribution in [-0.2, 0) is 0 Å². The molecule has 17 heavy (non-hydrogen) atoms. The highest BCUT2D eigenvalue weighted by Crippen LogP contribution is 2.53. The molecule has 1 aromatic rings. The molecule has 3 nitrogen and oxygen atoms in total. The molecule has 1 aromatic heterocycles. The van der Waals surface area contributed by atoms with Gasteiger partial charge >= 0.3 is 5.97 Å². The lowest BCUT2D eigenvalue weighted by Gasteiger charge is -2.22. The maximum Gasteiger partial charge on any atom is 0.337 e. The van der Waals surface area contributed by atoms with Crippen molar-refractivity contribution in [1.29, 1.82) is 0 Å². The molecule has 1 heterocycles. The van der Waals surface area contributed by atoms with E-state index >= 15 is 0 Å². The van der Waals surface area contributed by atoms with Crippen LogP contribution < -0.4 is 0 Å². The van der Waals surface area contributed by atoms with E-state index in [4.69, 9.17) is 0 Å². The van der Waals surface area contributed by atoms with Crippen molar-refractivity contribution in [1.82, 2.24) is 4.57 Å². The molecule has 3 heteroatoms. The Morgan fingerprint density at radius 2 is 1.82 bits per heavy atom. The molecule has 0 aromatic carbocycles. The standard InChI is InChI=1S/C14H19NO2/c1-8-7-12(14(16)17)9(2)15(8)13(10-3-4-10)11-5-6-11/h7,10-11,13H,3-6H2,1-2H3,(H,16,17). The number of aromatic nitrogens is 1. The molecule has 0 saturated heterocycles. The van der Waals surface area contributed by atoms with Crippen molar-refractivity contribution >= 4 is 5.97 Å². The Bertz CT molecular complexity index is 455. The molecule has 0 aliphatic heterocycles. The Balaban J connectivity index is 2.03. The van der Waals surface area contributed by atoms with E-state index in [0.717, 1.165) is 23.2 Å². The monoisotopic (exact) mass is 233 g/mol. The van der Waals surface area contributed by atoms with Crippen LogP contribution in [0.1, 0.15) is 53.5 Å². The van der Waals surface area contributed by atoms with E-state index in [0.29, 0.717) is 11.6 Å². The summed E-state index contributed by atoms with van der Waals surface area (Å²) in [5.74, 6) is 0.803. The average Bonchev–Trinajstić information content (AvgIpc) is 3.13. The SMILES string of the molecule is Cc1cc(C(=O)O)c(C)n1C(C1CC1)C1CC1. The number of carbonyl (C=O) groups is 1. The minimum absolute atomic E-state index is 0.480. The molecular formula is C14H19NO2. The lowest BCUT2D eigenvalue weighted by Crippen LogP contribution is -2.16. The van der Waals surface area contributed by atoms with Crippen molar-refractivity contribution in [3.63, 3.8) is 0 Å². The molecule has 0 bridgehead atoms. The Morgan fingerprint density at radius 1 is 1.29 bits per heavy atom. The van der Waals surface area contributed by atoms with Gasteiger partial charge in [0.2, 0.25) is 0 Å². The van der Waals surface area contributed by atoms with Gasteiger partial charge in [-0.05, 0) is 57.4 Å². The minimum atomic E-state index is -0.797. The molecule has 2 saturated carbocycles. The molecule has 1 N–H and O–H groups in total. The summed E-state index contributed by atoms with van der Waals surface area (Å²) in [7, 11) is 0. The maximum atomic E-state index is 11.2. The smallest absolute Gasteiger partial charge is 0.337 e. The van der Waals surface area contributed by atoms with E-state index in [2.05, 4.69) is 4.57 Å². The molecule has 0 unspecified atom stereocenters. The third-order valence-electron chi connectivity index (χ3n) is 4.22. The molecule has 0 radical (unpaired) electrons. The fraction of sp³-hybridized carbons (Fsp3) is 0.643. The van der Waals surface area contributed by atoms with Gasteiger partial charge in [0.25, 0.3) is 0 Å². The molecular weight excluding hydrogens is 214 g/mol. The van der Waals surface area contributed by atoms with Gasteiger partial charge in [0.05, 0.1) is 5.56 Å². The van der Waals surface area contributed by atoms with Gasteiger partial charge in [-0.25, -0.2) is 4.79 Å². The van der Waals surface area contributed by atoms with Crippen LogP contribution in [0.3, 0.4) is 0 Å². The van der Waals surface area contributed by atoms with Crippen LogP contribution in [0.5, 0.6) is 0 Å². The second-order valence-electron chi connectivity index (χ2n) is 5.63. The van der Waals surface area contributed by atoms with Gasteiger partial charge in [0.1, 0.15) is 0 Å². The van der Waals surface area contributed by atoms with Crippen LogP contribution in [0.2, 0.25) is 0 Å². The van der Waals surface area contributed by atoms with Crippen molar-refractivity contribution in [2.75, 3.05) is 0 Å². The van der Waals surface area contributed by atoms with Gasteiger partial charge in [-0.15, -0.1) is 0 Å². The largest absolute Gasteiger partial charge is 0.478 e. The van der Waals surface area contributed by atoms with E-state index in [-0.39, 0.29) is 0 Å². The third kappa shape index (κ3) is 1.78. The predicted molar refractivity (Wildman–Crippen MR) is 65.4 cm³/mol. The molecule has 0 amide bonds. The Morgan fingerprint density at radius 3 is 2.18 bits per heavy atom. The van der Waals surface area contributed by atoms with Crippen molar-refractivity contribution < 1.29 is 9.90 Å². The van der Waals surface area contributed by atoms with Gasteiger partial charge in [0, 0.05) is 17.4 Å². The highest BCUT2D eigenvalue weighted by Gasteiger charge is 2.43. The highest BCUT2D eigenvalue weighted by atomic mass is 16.4. The van der Waals surface area contributed by atoms with Gasteiger partial charge in [-0.2, -0.15) is 0 Å². The van der Waals surface area contributed by atoms with Crippen LogP contribution in [-0.4, -0.2) is 15.6 Å². The van der Waals surface area contributed by atoms with Gasteiger partial charge in [-0.3, -0.25) is 0 Å². The Kier molecular flexibility index (Phi) is 2.32. The topological polar surface area (TPSA) is 42.2 Å². The van der Waals surface area contributed by atoms with E-state index in [9.17, 15) is 9.90 Å². The maximum absolute atomic E-state index is 11.2. The molecule has 2 fully saturated rings. The van der Waals surface area contributed by atoms with Crippen LogP contribution >= 0.6 is 0 Å². The molecule has 3 rings (SSSR count). The van der Waals surface area contributed by atoms with E-state index < -0.39 is 5.97 Å². The summed E-state index contributed by atoms with van der Waals surface area (Å²) in [4.78, 5) is 11.2. The number of hydrogen-bond donors (Lipinski definition) is 1. The number of carboxylic acid groups (broad SMARTS) is 1. The van der Waals surface area contributed by atoms with Gasteiger partial charge in [-0.1, -0.05) is 0 Å². The summed E-state index contributed by atoms with van der Waals surface area (Å²) in [5.41, 5.74) is 2.54. The Labute approximate surface area is 101 Å². The third-order valence-corrected chi connectivity index (χ3v) is 4.22. The summed E-state index contributed by atoms with van der Waals surface area (Å²) < 4.78 is 2.30. The number of rotatable bonds is 4. The zero-order valence-electron chi connectivity index (χ0n) is 10.4. The minimum Gasteiger partial charge on any atom is -0.478 e. The summed E-state index contributed by atoms with van der Waals surface area (Å²) in [5, 5.41) is 9.18. The first kappa shape index (κ1) is 10.9. The average molecular weight is 233 g/mol. The predicted octanol–water partition coefficient (Wildman–Crippen LogP) is 3.16. The second-order valence-corrected chi connectivity index (χ2v) is 5.63. The second kappa shape index (κ2) is 3.62. The van der Waals surface area contributed by atoms with Crippen molar-refractivity contribution in [2.24, 2.45) is 11.8 Å². The normalized spacial score (nSPS) is 19.9. The first-order valence-corrected chi connectivity index (χ1v) is 6.51. The first-order chi connectivity index (χ1) is 8.09. The van der Waals surface area contributed by atoms with Crippen LogP contribution in [0, 0.1) is 25.7 Å². The van der Waals surface area contributed by atoms with Gasteiger partial charge < -0.3 is 9.67 Å². The lowest BCUT2D eigenvalue weighted by atomic mass is 10.1. The fourth-order valence-corrected chi connectivity index (χ4v) is 3.13. The van der Waals surface area contributed by atoms with Crippen molar-refractivity contribution in [2.45, 2.75) is 45.6 Å². The summed E-state index contributed by atoms with van der Waals surface area (Å²) in [6.07, 6.45) is 5.28. The lowest BCUT2D eigenvalue weighted by molar-refractivity contribution is 0.0696. The van der Waals surface area contributed by atoms with Crippen molar-refractivity contribution in [3.05, 3.63) is 23.0 Å². The summed E-state index contributed by atoms with van der Waals surface area (Å²) in [6, 6.07) is 2.40. The number of nitrogens with zero attached hydrogens (tertiary/aromatic N) is 1. The van der Waals surface area contributed by atoms with Crippen molar-refractivity contribution in [3.8, 4) is 0 Å².